The van der Waals surface area contributed by atoms with Crippen LogP contribution in [-0.2, 0) is 13.5 Å². The van der Waals surface area contributed by atoms with Crippen LogP contribution in [-0.4, -0.2) is 0 Å². The number of hydrogen-bond donors (Lipinski definition) is 0. The lowest BCUT2D eigenvalue weighted by Crippen LogP contribution is -2.32. The molecule has 1 aliphatic rings. The summed E-state index contributed by atoms with van der Waals surface area (Å²) < 4.78 is 2.29. The smallest absolute Gasteiger partial charge is 0.201 e. The van der Waals surface area contributed by atoms with Crippen LogP contribution in [0.25, 0.3) is 22.4 Å². The van der Waals surface area contributed by atoms with Gasteiger partial charge in [-0.05, 0) is 72.1 Å². The molecule has 26 heavy (non-hydrogen) atoms. The van der Waals surface area contributed by atoms with Gasteiger partial charge < -0.3 is 0 Å². The Morgan fingerprint density at radius 1 is 0.885 bits per heavy atom. The Morgan fingerprint density at radius 3 is 2.38 bits per heavy atom. The van der Waals surface area contributed by atoms with Crippen molar-refractivity contribution < 1.29 is 4.57 Å². The summed E-state index contributed by atoms with van der Waals surface area (Å²) in [6, 6.07) is 13.8. The zero-order chi connectivity index (χ0) is 18.6. The van der Waals surface area contributed by atoms with Crippen molar-refractivity contribution in [3.05, 3.63) is 76.0 Å². The van der Waals surface area contributed by atoms with Crippen molar-refractivity contribution >= 4 is 0 Å². The molecule has 1 nitrogen and oxygen atoms in total. The fourth-order valence-electron chi connectivity index (χ4n) is 4.44. The van der Waals surface area contributed by atoms with Gasteiger partial charge in [-0.3, -0.25) is 0 Å². The van der Waals surface area contributed by atoms with E-state index in [1.54, 1.807) is 0 Å². The molecule has 0 aliphatic heterocycles. The molecular weight excluding hydrogens is 314 g/mol. The van der Waals surface area contributed by atoms with E-state index in [-0.39, 0.29) is 0 Å². The Morgan fingerprint density at radius 2 is 1.65 bits per heavy atom. The van der Waals surface area contributed by atoms with Crippen LogP contribution in [0.5, 0.6) is 0 Å². The fourth-order valence-corrected chi connectivity index (χ4v) is 4.44. The lowest BCUT2D eigenvalue weighted by molar-refractivity contribution is -0.660. The maximum atomic E-state index is 2.35. The van der Waals surface area contributed by atoms with Crippen LogP contribution < -0.4 is 4.57 Å². The van der Waals surface area contributed by atoms with E-state index in [0.717, 1.165) is 6.42 Å². The first-order valence-corrected chi connectivity index (χ1v) is 9.60. The number of fused-ring (bicyclic) bond motifs is 3. The van der Waals surface area contributed by atoms with Crippen molar-refractivity contribution in [3.63, 3.8) is 0 Å². The summed E-state index contributed by atoms with van der Waals surface area (Å²) >= 11 is 0. The van der Waals surface area contributed by atoms with Crippen LogP contribution in [0.15, 0.2) is 42.6 Å². The standard InChI is InChI=1S/C25H28N/c1-15(2)20-9-7-8-19-13-22-21(25(19)20)11-10-16(3)24(22)23-12-17(4)18(5)14-26(23)6/h7-12,14-15H,13H2,1-6H3/q+1. The number of aryl methyl sites for hydroxylation is 4. The average molecular weight is 343 g/mol. The van der Waals surface area contributed by atoms with E-state index in [4.69, 9.17) is 0 Å². The molecule has 3 aromatic rings. The minimum absolute atomic E-state index is 0.540. The second-order valence-corrected chi connectivity index (χ2v) is 8.13. The molecule has 0 atom stereocenters. The fraction of sp³-hybridized carbons (Fsp3) is 0.320. The maximum absolute atomic E-state index is 2.35. The van der Waals surface area contributed by atoms with Gasteiger partial charge in [-0.25, -0.2) is 4.57 Å². The Bertz CT molecular complexity index is 1020. The third-order valence-electron chi connectivity index (χ3n) is 5.96. The van der Waals surface area contributed by atoms with Crippen LogP contribution >= 0.6 is 0 Å². The molecule has 0 fully saturated rings. The molecule has 1 heteroatoms. The topological polar surface area (TPSA) is 3.88 Å². The van der Waals surface area contributed by atoms with Crippen molar-refractivity contribution in [2.75, 3.05) is 0 Å². The Kier molecular flexibility index (Phi) is 3.99. The minimum atomic E-state index is 0.540. The van der Waals surface area contributed by atoms with E-state index < -0.39 is 0 Å². The van der Waals surface area contributed by atoms with Crippen LogP contribution in [0.4, 0.5) is 0 Å². The molecule has 132 valence electrons. The number of rotatable bonds is 2. The highest BCUT2D eigenvalue weighted by Gasteiger charge is 2.28. The van der Waals surface area contributed by atoms with Gasteiger partial charge in [0.25, 0.3) is 0 Å². The first-order valence-electron chi connectivity index (χ1n) is 9.60. The number of aromatic nitrogens is 1. The lowest BCUT2D eigenvalue weighted by atomic mass is 9.90. The van der Waals surface area contributed by atoms with Crippen molar-refractivity contribution in [3.8, 4) is 22.4 Å². The molecule has 2 aromatic carbocycles. The molecule has 0 amide bonds. The van der Waals surface area contributed by atoms with Gasteiger partial charge in [0.05, 0.1) is 5.56 Å². The summed E-state index contributed by atoms with van der Waals surface area (Å²) in [5.74, 6) is 0.540. The highest BCUT2D eigenvalue weighted by molar-refractivity contribution is 5.86. The molecule has 1 heterocycles. The number of hydrogen-bond acceptors (Lipinski definition) is 0. The van der Waals surface area contributed by atoms with Gasteiger partial charge in [0.2, 0.25) is 5.69 Å². The second kappa shape index (κ2) is 6.09. The molecule has 0 saturated carbocycles. The third kappa shape index (κ3) is 2.49. The molecular formula is C25H28N+. The van der Waals surface area contributed by atoms with E-state index in [0.29, 0.717) is 5.92 Å². The van der Waals surface area contributed by atoms with Crippen molar-refractivity contribution in [2.24, 2.45) is 7.05 Å². The molecule has 0 N–H and O–H groups in total. The molecule has 0 radical (unpaired) electrons. The van der Waals surface area contributed by atoms with Crippen LogP contribution in [0.1, 0.15) is 53.1 Å². The Hall–Kier alpha value is -2.41. The lowest BCUT2D eigenvalue weighted by Gasteiger charge is -2.14. The summed E-state index contributed by atoms with van der Waals surface area (Å²) in [5.41, 5.74) is 14.1. The predicted octanol–water partition coefficient (Wildman–Crippen LogP) is 5.80. The van der Waals surface area contributed by atoms with Crippen LogP contribution in [0, 0.1) is 20.8 Å². The van der Waals surface area contributed by atoms with Crippen molar-refractivity contribution in [1.29, 1.82) is 0 Å². The highest BCUT2D eigenvalue weighted by atomic mass is 14.9. The zero-order valence-electron chi connectivity index (χ0n) is 16.8. The molecule has 0 bridgehead atoms. The van der Waals surface area contributed by atoms with Crippen LogP contribution in [0.2, 0.25) is 0 Å². The third-order valence-corrected chi connectivity index (χ3v) is 5.96. The van der Waals surface area contributed by atoms with Crippen LogP contribution in [0.3, 0.4) is 0 Å². The summed E-state index contributed by atoms with van der Waals surface area (Å²) in [6.07, 6.45) is 3.29. The maximum Gasteiger partial charge on any atom is 0.213 e. The largest absolute Gasteiger partial charge is 0.213 e. The van der Waals surface area contributed by atoms with Gasteiger partial charge in [0.15, 0.2) is 6.20 Å². The SMILES string of the molecule is Cc1cc(-c2c(C)ccc3c2Cc2cccc(C(C)C)c2-3)[n+](C)cc1C. The summed E-state index contributed by atoms with van der Waals surface area (Å²) in [4.78, 5) is 0. The Labute approximate surface area is 157 Å². The summed E-state index contributed by atoms with van der Waals surface area (Å²) in [5, 5.41) is 0. The van der Waals surface area contributed by atoms with E-state index in [1.165, 1.54) is 55.8 Å². The van der Waals surface area contributed by atoms with E-state index >= 15 is 0 Å². The van der Waals surface area contributed by atoms with Gasteiger partial charge in [-0.1, -0.05) is 44.2 Å². The van der Waals surface area contributed by atoms with Crippen molar-refractivity contribution in [2.45, 2.75) is 47.0 Å². The van der Waals surface area contributed by atoms with Gasteiger partial charge in [-0.2, -0.15) is 0 Å². The predicted molar refractivity (Wildman–Crippen MR) is 110 cm³/mol. The molecule has 1 aliphatic carbocycles. The first kappa shape index (κ1) is 17.0. The first-order chi connectivity index (χ1) is 12.4. The van der Waals surface area contributed by atoms with E-state index in [1.807, 2.05) is 0 Å². The number of benzene rings is 2. The Balaban J connectivity index is 2.01. The van der Waals surface area contributed by atoms with Gasteiger partial charge >= 0.3 is 0 Å². The number of pyridine rings is 1. The molecule has 1 aromatic heterocycles. The van der Waals surface area contributed by atoms with Gasteiger partial charge in [0.1, 0.15) is 7.05 Å². The average Bonchev–Trinajstić information content (AvgIpc) is 2.97. The van der Waals surface area contributed by atoms with E-state index in [2.05, 4.69) is 88.8 Å². The zero-order valence-corrected chi connectivity index (χ0v) is 16.8. The molecule has 0 spiro atoms. The second-order valence-electron chi connectivity index (χ2n) is 8.13. The monoisotopic (exact) mass is 342 g/mol. The summed E-state index contributed by atoms with van der Waals surface area (Å²) in [7, 11) is 2.17. The molecule has 0 saturated heterocycles. The highest BCUT2D eigenvalue weighted by Crippen LogP contribution is 2.45. The number of nitrogens with zero attached hydrogens (tertiary/aromatic N) is 1. The van der Waals surface area contributed by atoms with Gasteiger partial charge in [0, 0.05) is 11.6 Å². The minimum Gasteiger partial charge on any atom is -0.201 e. The molecule has 0 unspecified atom stereocenters. The van der Waals surface area contributed by atoms with Crippen molar-refractivity contribution in [1.82, 2.24) is 0 Å². The van der Waals surface area contributed by atoms with E-state index in [9.17, 15) is 0 Å². The summed E-state index contributed by atoms with van der Waals surface area (Å²) in [6.45, 7) is 11.2. The molecule has 4 rings (SSSR count). The quantitative estimate of drug-likeness (QED) is 0.405. The normalized spacial score (nSPS) is 12.4. The van der Waals surface area contributed by atoms with Gasteiger partial charge in [-0.15, -0.1) is 0 Å².